The lowest BCUT2D eigenvalue weighted by atomic mass is 9.93. The van der Waals surface area contributed by atoms with Gasteiger partial charge in [-0.25, -0.2) is 4.79 Å². The van der Waals surface area contributed by atoms with E-state index in [0.29, 0.717) is 19.4 Å². The number of unbranched alkanes of at least 4 members (excludes halogenated alkanes) is 21. The van der Waals surface area contributed by atoms with Crippen molar-refractivity contribution in [2.75, 3.05) is 13.1 Å². The maximum Gasteiger partial charge on any atom is 0.315 e. The molecule has 1 rings (SSSR count). The van der Waals surface area contributed by atoms with Gasteiger partial charge in [0.05, 0.1) is 30.5 Å². The van der Waals surface area contributed by atoms with Crippen LogP contribution >= 0.6 is 0 Å². The highest BCUT2D eigenvalue weighted by Crippen LogP contribution is 2.17. The summed E-state index contributed by atoms with van der Waals surface area (Å²) in [6.45, 7) is 4.79. The van der Waals surface area contributed by atoms with Gasteiger partial charge in [-0.1, -0.05) is 161 Å². The zero-order valence-electron chi connectivity index (χ0n) is 31.6. The third-order valence-electron chi connectivity index (χ3n) is 10.3. The van der Waals surface area contributed by atoms with E-state index in [9.17, 15) is 30.3 Å². The summed E-state index contributed by atoms with van der Waals surface area (Å²) >= 11 is 0. The largest absolute Gasteiger partial charge is 0.393 e. The summed E-state index contributed by atoms with van der Waals surface area (Å²) in [6, 6.07) is -1.66. The first-order valence-electron chi connectivity index (χ1n) is 20.6. The van der Waals surface area contributed by atoms with Crippen LogP contribution in [0.25, 0.3) is 0 Å². The van der Waals surface area contributed by atoms with Crippen molar-refractivity contribution in [2.45, 2.75) is 223 Å². The SMILES string of the molecule is CCCCCCCCCCCCCCCCCCCCCCCCNC(=O)NC(CNC1C/C=C\CC(O)C(O)C1O)C(O)CC(O)CC. The van der Waals surface area contributed by atoms with Gasteiger partial charge in [0.25, 0.3) is 0 Å². The predicted molar refractivity (Wildman–Crippen MR) is 203 cm³/mol. The number of rotatable bonds is 31. The lowest BCUT2D eigenvalue weighted by molar-refractivity contribution is -0.0723. The third-order valence-corrected chi connectivity index (χ3v) is 10.3. The molecule has 0 saturated heterocycles. The molecule has 1 aliphatic rings. The van der Waals surface area contributed by atoms with Gasteiger partial charge in [0, 0.05) is 25.6 Å². The summed E-state index contributed by atoms with van der Waals surface area (Å²) < 4.78 is 0. The van der Waals surface area contributed by atoms with Crippen molar-refractivity contribution in [3.63, 3.8) is 0 Å². The van der Waals surface area contributed by atoms with Gasteiger partial charge in [0.1, 0.15) is 6.10 Å². The van der Waals surface area contributed by atoms with Crippen molar-refractivity contribution in [1.29, 1.82) is 0 Å². The molecule has 7 atom stereocenters. The van der Waals surface area contributed by atoms with Gasteiger partial charge in [-0.05, 0) is 25.7 Å². The van der Waals surface area contributed by atoms with Crippen LogP contribution in [0, 0.1) is 0 Å². The van der Waals surface area contributed by atoms with Crippen LogP contribution in [0.1, 0.15) is 181 Å². The average molecular weight is 698 g/mol. The van der Waals surface area contributed by atoms with Crippen LogP contribution in [-0.4, -0.2) is 87.3 Å². The fraction of sp³-hybridized carbons (Fsp3) is 0.925. The Bertz CT molecular complexity index is 787. The van der Waals surface area contributed by atoms with Crippen LogP contribution in [0.4, 0.5) is 4.79 Å². The zero-order chi connectivity index (χ0) is 36.0. The molecule has 0 aromatic carbocycles. The Labute approximate surface area is 300 Å². The minimum atomic E-state index is -1.30. The molecule has 0 aliphatic heterocycles. The number of carbonyl (C=O) groups excluding carboxylic acids is 1. The third kappa shape index (κ3) is 24.6. The molecule has 9 nitrogen and oxygen atoms in total. The zero-order valence-corrected chi connectivity index (χ0v) is 31.6. The molecule has 7 unspecified atom stereocenters. The minimum absolute atomic E-state index is 0.108. The van der Waals surface area contributed by atoms with Gasteiger partial charge < -0.3 is 41.5 Å². The van der Waals surface area contributed by atoms with Crippen LogP contribution in [-0.2, 0) is 0 Å². The van der Waals surface area contributed by atoms with Crippen molar-refractivity contribution in [1.82, 2.24) is 16.0 Å². The maximum atomic E-state index is 12.7. The highest BCUT2D eigenvalue weighted by atomic mass is 16.4. The molecule has 0 radical (unpaired) electrons. The summed E-state index contributed by atoms with van der Waals surface area (Å²) in [5, 5.41) is 60.6. The Morgan fingerprint density at radius 3 is 1.57 bits per heavy atom. The summed E-state index contributed by atoms with van der Waals surface area (Å²) in [7, 11) is 0. The topological polar surface area (TPSA) is 154 Å². The molecule has 0 bridgehead atoms. The molecular formula is C40H79N3O6. The highest BCUT2D eigenvalue weighted by molar-refractivity contribution is 5.74. The number of aliphatic hydroxyl groups is 5. The molecule has 9 heteroatoms. The van der Waals surface area contributed by atoms with Gasteiger partial charge in [-0.2, -0.15) is 0 Å². The molecule has 0 aromatic rings. The second-order valence-corrected chi connectivity index (χ2v) is 14.8. The lowest BCUT2D eigenvalue weighted by Gasteiger charge is -2.33. The number of nitrogens with one attached hydrogen (secondary N) is 3. The Morgan fingerprint density at radius 2 is 1.10 bits per heavy atom. The monoisotopic (exact) mass is 698 g/mol. The fourth-order valence-electron chi connectivity index (χ4n) is 6.75. The number of hydrogen-bond acceptors (Lipinski definition) is 7. The molecule has 290 valence electrons. The molecular weight excluding hydrogens is 618 g/mol. The average Bonchev–Trinajstić information content (AvgIpc) is 3.09. The van der Waals surface area contributed by atoms with E-state index in [1.807, 2.05) is 13.0 Å². The van der Waals surface area contributed by atoms with Crippen molar-refractivity contribution in [3.8, 4) is 0 Å². The first-order valence-corrected chi connectivity index (χ1v) is 20.6. The maximum absolute atomic E-state index is 12.7. The van der Waals surface area contributed by atoms with E-state index in [1.165, 1.54) is 128 Å². The van der Waals surface area contributed by atoms with Crippen LogP contribution in [0.15, 0.2) is 12.2 Å². The molecule has 1 aliphatic carbocycles. The van der Waals surface area contributed by atoms with E-state index < -0.39 is 42.6 Å². The quantitative estimate of drug-likeness (QED) is 0.0282. The van der Waals surface area contributed by atoms with Crippen molar-refractivity contribution in [3.05, 3.63) is 12.2 Å². The van der Waals surface area contributed by atoms with Gasteiger partial charge in [-0.3, -0.25) is 0 Å². The fourth-order valence-corrected chi connectivity index (χ4v) is 6.75. The molecule has 0 fully saturated rings. The molecule has 8 N–H and O–H groups in total. The standard InChI is InChI=1S/C40H79N3O6/c1-3-5-6-7-8-9-10-11-12-13-14-15-16-17-18-19-20-21-22-23-24-27-30-41-40(49)43-35(37(46)31-33(44)4-2)32-42-34-28-25-26-29-36(45)39(48)38(34)47/h25-26,33-39,42,44-48H,3-24,27-32H2,1-2H3,(H2,41,43,49)/b26-25-. The minimum Gasteiger partial charge on any atom is -0.393 e. The van der Waals surface area contributed by atoms with E-state index in [-0.39, 0.29) is 25.4 Å². The van der Waals surface area contributed by atoms with E-state index in [1.54, 1.807) is 6.08 Å². The second-order valence-electron chi connectivity index (χ2n) is 14.8. The summed E-state index contributed by atoms with van der Waals surface area (Å²) in [6.07, 6.45) is 29.1. The second kappa shape index (κ2) is 31.5. The lowest BCUT2D eigenvalue weighted by Crippen LogP contribution is -2.57. The molecule has 0 aromatic heterocycles. The number of urea groups is 1. The van der Waals surface area contributed by atoms with E-state index in [4.69, 9.17) is 0 Å². The number of hydrogen-bond donors (Lipinski definition) is 8. The summed E-state index contributed by atoms with van der Waals surface area (Å²) in [5.41, 5.74) is 0. The first-order chi connectivity index (χ1) is 23.8. The van der Waals surface area contributed by atoms with E-state index in [0.717, 1.165) is 12.8 Å². The van der Waals surface area contributed by atoms with Gasteiger partial charge in [-0.15, -0.1) is 0 Å². The normalized spacial score (nSPS) is 22.2. The van der Waals surface area contributed by atoms with Crippen molar-refractivity contribution in [2.24, 2.45) is 0 Å². The molecule has 0 heterocycles. The number of aliphatic hydroxyl groups excluding tert-OH is 5. The van der Waals surface area contributed by atoms with Crippen molar-refractivity contribution < 1.29 is 30.3 Å². The van der Waals surface area contributed by atoms with Gasteiger partial charge >= 0.3 is 6.03 Å². The Kier molecular flexibility index (Phi) is 29.4. The predicted octanol–water partition coefficient (Wildman–Crippen LogP) is 7.17. The summed E-state index contributed by atoms with van der Waals surface area (Å²) in [4.78, 5) is 12.7. The molecule has 49 heavy (non-hydrogen) atoms. The Balaban J connectivity index is 2.09. The van der Waals surface area contributed by atoms with Gasteiger partial charge in [0.2, 0.25) is 0 Å². The molecule has 0 saturated carbocycles. The van der Waals surface area contributed by atoms with Crippen LogP contribution in [0.5, 0.6) is 0 Å². The Morgan fingerprint density at radius 1 is 0.653 bits per heavy atom. The van der Waals surface area contributed by atoms with Crippen molar-refractivity contribution >= 4 is 6.03 Å². The van der Waals surface area contributed by atoms with Crippen LogP contribution < -0.4 is 16.0 Å². The number of amides is 2. The Hall–Kier alpha value is -1.23. The number of carbonyl (C=O) groups is 1. The van der Waals surface area contributed by atoms with Gasteiger partial charge in [0.15, 0.2) is 0 Å². The van der Waals surface area contributed by atoms with E-state index in [2.05, 4.69) is 22.9 Å². The summed E-state index contributed by atoms with van der Waals surface area (Å²) in [5.74, 6) is 0. The molecule has 2 amide bonds. The highest BCUT2D eigenvalue weighted by Gasteiger charge is 2.32. The smallest absolute Gasteiger partial charge is 0.315 e. The molecule has 0 spiro atoms. The van der Waals surface area contributed by atoms with Crippen LogP contribution in [0.3, 0.4) is 0 Å². The first kappa shape index (κ1) is 45.8. The van der Waals surface area contributed by atoms with E-state index >= 15 is 0 Å². The van der Waals surface area contributed by atoms with Crippen LogP contribution in [0.2, 0.25) is 0 Å².